The van der Waals surface area contributed by atoms with Crippen LogP contribution in [0, 0.1) is 5.82 Å². The van der Waals surface area contributed by atoms with Crippen LogP contribution in [-0.4, -0.2) is 21.1 Å². The van der Waals surface area contributed by atoms with Crippen molar-refractivity contribution in [3.63, 3.8) is 0 Å². The number of aromatic nitrogens is 3. The number of nitrogens with two attached hydrogens (primary N) is 1. The van der Waals surface area contributed by atoms with Crippen LogP contribution in [0.25, 0.3) is 22.6 Å². The number of rotatable bonds is 4. The Labute approximate surface area is 120 Å². The first kappa shape index (κ1) is 13.2. The van der Waals surface area contributed by atoms with Gasteiger partial charge in [0.05, 0.1) is 16.0 Å². The Morgan fingerprint density at radius 2 is 2.20 bits per heavy atom. The van der Waals surface area contributed by atoms with E-state index >= 15 is 0 Å². The summed E-state index contributed by atoms with van der Waals surface area (Å²) < 4.78 is 15.4. The van der Waals surface area contributed by atoms with Gasteiger partial charge < -0.3 is 10.3 Å². The number of thiazole rings is 1. The monoisotopic (exact) mass is 290 g/mol. The number of imidazole rings is 1. The van der Waals surface area contributed by atoms with Crippen LogP contribution >= 0.6 is 11.3 Å². The second-order valence-electron chi connectivity index (χ2n) is 4.48. The molecule has 0 saturated heterocycles. The van der Waals surface area contributed by atoms with Crippen molar-refractivity contribution in [2.45, 2.75) is 19.9 Å². The quantitative estimate of drug-likeness (QED) is 0.804. The molecule has 0 fully saturated rings. The van der Waals surface area contributed by atoms with E-state index < -0.39 is 0 Å². The van der Waals surface area contributed by atoms with E-state index in [1.165, 1.54) is 12.1 Å². The van der Waals surface area contributed by atoms with Crippen LogP contribution < -0.4 is 5.73 Å². The Hall–Kier alpha value is -1.79. The highest BCUT2D eigenvalue weighted by Crippen LogP contribution is 2.26. The third-order valence-electron chi connectivity index (χ3n) is 3.17. The summed E-state index contributed by atoms with van der Waals surface area (Å²) in [6, 6.07) is 4.65. The van der Waals surface area contributed by atoms with Gasteiger partial charge in [0, 0.05) is 18.3 Å². The van der Waals surface area contributed by atoms with E-state index in [9.17, 15) is 4.39 Å². The van der Waals surface area contributed by atoms with Crippen LogP contribution in [0.15, 0.2) is 23.6 Å². The summed E-state index contributed by atoms with van der Waals surface area (Å²) in [5, 5.41) is 2.98. The van der Waals surface area contributed by atoms with Crippen molar-refractivity contribution in [2.75, 3.05) is 6.54 Å². The molecule has 0 bridgehead atoms. The molecular weight excluding hydrogens is 275 g/mol. The molecule has 0 aliphatic rings. The van der Waals surface area contributed by atoms with Crippen LogP contribution in [0.3, 0.4) is 0 Å². The molecule has 2 aromatic heterocycles. The summed E-state index contributed by atoms with van der Waals surface area (Å²) in [4.78, 5) is 9.14. The average Bonchev–Trinajstić information content (AvgIpc) is 3.02. The average molecular weight is 290 g/mol. The van der Waals surface area contributed by atoms with Gasteiger partial charge >= 0.3 is 0 Å². The molecule has 104 valence electrons. The SMILES string of the molecule is CCn1c(-c2csc(CCN)n2)nc2ccc(F)cc21. The molecule has 0 radical (unpaired) electrons. The number of nitrogens with zero attached hydrogens (tertiary/aromatic N) is 3. The summed E-state index contributed by atoms with van der Waals surface area (Å²) in [5.74, 6) is 0.536. The van der Waals surface area contributed by atoms with Gasteiger partial charge in [-0.05, 0) is 31.7 Å². The van der Waals surface area contributed by atoms with Crippen LogP contribution in [-0.2, 0) is 13.0 Å². The lowest BCUT2D eigenvalue weighted by Gasteiger charge is -2.03. The Kier molecular flexibility index (Phi) is 3.50. The Balaban J connectivity index is 2.14. The van der Waals surface area contributed by atoms with E-state index in [-0.39, 0.29) is 5.82 Å². The summed E-state index contributed by atoms with van der Waals surface area (Å²) in [6.45, 7) is 3.32. The van der Waals surface area contributed by atoms with Crippen molar-refractivity contribution in [1.29, 1.82) is 0 Å². The first-order valence-corrected chi connectivity index (χ1v) is 7.41. The standard InChI is InChI=1S/C14H15FN4S/c1-2-19-12-7-9(15)3-4-10(12)18-14(19)11-8-20-13(17-11)5-6-16/h3-4,7-8H,2,5-6,16H2,1H3. The molecule has 0 unspecified atom stereocenters. The lowest BCUT2D eigenvalue weighted by atomic mass is 10.3. The van der Waals surface area contributed by atoms with Crippen LogP contribution in [0.2, 0.25) is 0 Å². The molecule has 2 heterocycles. The number of hydrogen-bond acceptors (Lipinski definition) is 4. The van der Waals surface area contributed by atoms with Gasteiger partial charge in [-0.2, -0.15) is 0 Å². The van der Waals surface area contributed by atoms with E-state index in [1.54, 1.807) is 17.4 Å². The molecule has 0 saturated carbocycles. The third kappa shape index (κ3) is 2.21. The molecule has 2 N–H and O–H groups in total. The fraction of sp³-hybridized carbons (Fsp3) is 0.286. The van der Waals surface area contributed by atoms with E-state index in [0.29, 0.717) is 6.54 Å². The van der Waals surface area contributed by atoms with Gasteiger partial charge in [-0.3, -0.25) is 0 Å². The van der Waals surface area contributed by atoms with Gasteiger partial charge in [-0.15, -0.1) is 11.3 Å². The largest absolute Gasteiger partial charge is 0.330 e. The molecule has 1 aromatic carbocycles. The summed E-state index contributed by atoms with van der Waals surface area (Å²) >= 11 is 1.58. The van der Waals surface area contributed by atoms with Gasteiger partial charge in [-0.1, -0.05) is 0 Å². The second kappa shape index (κ2) is 5.30. The fourth-order valence-electron chi connectivity index (χ4n) is 2.26. The second-order valence-corrected chi connectivity index (χ2v) is 5.42. The van der Waals surface area contributed by atoms with Crippen molar-refractivity contribution < 1.29 is 4.39 Å². The normalized spacial score (nSPS) is 11.3. The minimum atomic E-state index is -0.249. The molecule has 3 rings (SSSR count). The van der Waals surface area contributed by atoms with Crippen molar-refractivity contribution in [2.24, 2.45) is 5.73 Å². The summed E-state index contributed by atoms with van der Waals surface area (Å²) in [7, 11) is 0. The van der Waals surface area contributed by atoms with Gasteiger partial charge in [-0.25, -0.2) is 14.4 Å². The molecule has 6 heteroatoms. The fourth-order valence-corrected chi connectivity index (χ4v) is 3.06. The number of aryl methyl sites for hydroxylation is 1. The Morgan fingerprint density at radius 1 is 1.35 bits per heavy atom. The molecule has 0 amide bonds. The van der Waals surface area contributed by atoms with Crippen LogP contribution in [0.1, 0.15) is 11.9 Å². The smallest absolute Gasteiger partial charge is 0.160 e. The predicted octanol–water partition coefficient (Wildman–Crippen LogP) is 2.82. The van der Waals surface area contributed by atoms with Crippen molar-refractivity contribution in [1.82, 2.24) is 14.5 Å². The zero-order valence-electron chi connectivity index (χ0n) is 11.1. The minimum absolute atomic E-state index is 0.249. The Bertz CT molecular complexity index is 747. The highest BCUT2D eigenvalue weighted by molar-refractivity contribution is 7.09. The van der Waals surface area contributed by atoms with Crippen LogP contribution in [0.4, 0.5) is 4.39 Å². The van der Waals surface area contributed by atoms with Gasteiger partial charge in [0.15, 0.2) is 5.82 Å². The molecule has 0 atom stereocenters. The van der Waals surface area contributed by atoms with Crippen molar-refractivity contribution in [3.8, 4) is 11.5 Å². The van der Waals surface area contributed by atoms with E-state index in [2.05, 4.69) is 9.97 Å². The molecular formula is C14H15FN4S. The lowest BCUT2D eigenvalue weighted by molar-refractivity contribution is 0.628. The molecule has 0 aliphatic carbocycles. The maximum Gasteiger partial charge on any atom is 0.160 e. The summed E-state index contributed by atoms with van der Waals surface area (Å²) in [6.07, 6.45) is 0.769. The zero-order valence-corrected chi connectivity index (χ0v) is 12.0. The minimum Gasteiger partial charge on any atom is -0.330 e. The van der Waals surface area contributed by atoms with E-state index in [4.69, 9.17) is 5.73 Å². The number of halogens is 1. The first-order chi connectivity index (χ1) is 9.72. The van der Waals surface area contributed by atoms with Gasteiger partial charge in [0.2, 0.25) is 0 Å². The molecule has 20 heavy (non-hydrogen) atoms. The van der Waals surface area contributed by atoms with Crippen molar-refractivity contribution >= 4 is 22.4 Å². The van der Waals surface area contributed by atoms with Crippen LogP contribution in [0.5, 0.6) is 0 Å². The summed E-state index contributed by atoms with van der Waals surface area (Å²) in [5.41, 5.74) is 7.97. The molecule has 0 spiro atoms. The topological polar surface area (TPSA) is 56.7 Å². The number of benzene rings is 1. The van der Waals surface area contributed by atoms with E-state index in [1.807, 2.05) is 16.9 Å². The zero-order chi connectivity index (χ0) is 14.1. The third-order valence-corrected chi connectivity index (χ3v) is 4.07. The van der Waals surface area contributed by atoms with Gasteiger partial charge in [0.25, 0.3) is 0 Å². The molecule has 0 aliphatic heterocycles. The molecule has 4 nitrogen and oxygen atoms in total. The predicted molar refractivity (Wildman–Crippen MR) is 79.2 cm³/mol. The van der Waals surface area contributed by atoms with E-state index in [0.717, 1.165) is 40.5 Å². The highest BCUT2D eigenvalue weighted by Gasteiger charge is 2.14. The number of hydrogen-bond donors (Lipinski definition) is 1. The lowest BCUT2D eigenvalue weighted by Crippen LogP contribution is -2.02. The maximum atomic E-state index is 13.4. The Morgan fingerprint density at radius 3 is 2.95 bits per heavy atom. The van der Waals surface area contributed by atoms with Gasteiger partial charge in [0.1, 0.15) is 11.5 Å². The first-order valence-electron chi connectivity index (χ1n) is 6.53. The highest BCUT2D eigenvalue weighted by atomic mass is 32.1. The van der Waals surface area contributed by atoms with Crippen molar-refractivity contribution in [3.05, 3.63) is 34.4 Å². The number of fused-ring (bicyclic) bond motifs is 1. The maximum absolute atomic E-state index is 13.4. The molecule has 3 aromatic rings.